The number of hydrogen-bond donors (Lipinski definition) is 1. The lowest BCUT2D eigenvalue weighted by Crippen LogP contribution is -2.40. The number of nitrogens with zero attached hydrogens (tertiary/aromatic N) is 1. The van der Waals surface area contributed by atoms with Crippen LogP contribution in [0.2, 0.25) is 0 Å². The van der Waals surface area contributed by atoms with Crippen LogP contribution < -0.4 is 5.32 Å². The van der Waals surface area contributed by atoms with E-state index < -0.39 is 0 Å². The molecule has 1 N–H and O–H groups in total. The largest absolute Gasteiger partial charge is 0.380 e. The minimum atomic E-state index is 0.466. The van der Waals surface area contributed by atoms with Crippen molar-refractivity contribution in [2.75, 3.05) is 33.3 Å². The van der Waals surface area contributed by atoms with Gasteiger partial charge in [0.15, 0.2) is 0 Å². The molecule has 2 unspecified atom stereocenters. The van der Waals surface area contributed by atoms with Gasteiger partial charge < -0.3 is 10.1 Å². The van der Waals surface area contributed by atoms with Crippen molar-refractivity contribution >= 4 is 0 Å². The maximum Gasteiger partial charge on any atom is 0.0710 e. The lowest BCUT2D eigenvalue weighted by molar-refractivity contribution is 0.106. The summed E-state index contributed by atoms with van der Waals surface area (Å²) in [5.41, 5.74) is 0. The van der Waals surface area contributed by atoms with Gasteiger partial charge in [-0.05, 0) is 25.8 Å². The lowest BCUT2D eigenvalue weighted by atomic mass is 10.1. The summed E-state index contributed by atoms with van der Waals surface area (Å²) in [5.74, 6) is 0. The first-order chi connectivity index (χ1) is 7.80. The van der Waals surface area contributed by atoms with Gasteiger partial charge in [0.05, 0.1) is 6.10 Å². The van der Waals surface area contributed by atoms with E-state index in [1.807, 2.05) is 7.11 Å². The molecule has 0 spiro atoms. The van der Waals surface area contributed by atoms with E-state index in [1.165, 1.54) is 38.8 Å². The van der Waals surface area contributed by atoms with Crippen molar-refractivity contribution in [2.24, 2.45) is 0 Å². The molecule has 0 aromatic rings. The zero-order valence-corrected chi connectivity index (χ0v) is 11.2. The molecule has 1 rings (SSSR count). The monoisotopic (exact) mass is 228 g/mol. The average molecular weight is 228 g/mol. The number of nitrogens with one attached hydrogen (secondary N) is 1. The van der Waals surface area contributed by atoms with Gasteiger partial charge >= 0.3 is 0 Å². The molecule has 96 valence electrons. The van der Waals surface area contributed by atoms with Gasteiger partial charge in [-0.1, -0.05) is 20.3 Å². The van der Waals surface area contributed by atoms with Gasteiger partial charge in [-0.15, -0.1) is 0 Å². The first-order valence-electron chi connectivity index (χ1n) is 6.78. The van der Waals surface area contributed by atoms with Crippen LogP contribution in [0.3, 0.4) is 0 Å². The van der Waals surface area contributed by atoms with Gasteiger partial charge in [0.2, 0.25) is 0 Å². The Bertz CT molecular complexity index is 175. The lowest BCUT2D eigenvalue weighted by Gasteiger charge is -2.24. The van der Waals surface area contributed by atoms with Crippen LogP contribution in [-0.4, -0.2) is 50.3 Å². The number of ether oxygens (including phenoxy) is 1. The summed E-state index contributed by atoms with van der Waals surface area (Å²) in [5, 5.41) is 3.65. The highest BCUT2D eigenvalue weighted by molar-refractivity contribution is 4.80. The predicted octanol–water partition coefficient (Wildman–Crippen LogP) is 1.88. The van der Waals surface area contributed by atoms with Crippen molar-refractivity contribution in [3.63, 3.8) is 0 Å². The van der Waals surface area contributed by atoms with Gasteiger partial charge in [0.1, 0.15) is 0 Å². The van der Waals surface area contributed by atoms with E-state index in [-0.39, 0.29) is 0 Å². The second-order valence-electron chi connectivity index (χ2n) is 4.85. The first-order valence-corrected chi connectivity index (χ1v) is 6.78. The molecule has 1 aliphatic heterocycles. The quantitative estimate of drug-likeness (QED) is 0.686. The van der Waals surface area contributed by atoms with E-state index >= 15 is 0 Å². The summed E-state index contributed by atoms with van der Waals surface area (Å²) in [6, 6.07) is 0.667. The van der Waals surface area contributed by atoms with Gasteiger partial charge in [0.25, 0.3) is 0 Å². The molecule has 3 heteroatoms. The van der Waals surface area contributed by atoms with Crippen molar-refractivity contribution in [3.05, 3.63) is 0 Å². The van der Waals surface area contributed by atoms with E-state index in [0.717, 1.165) is 13.1 Å². The van der Waals surface area contributed by atoms with Crippen LogP contribution in [0.4, 0.5) is 0 Å². The molecule has 0 aliphatic carbocycles. The summed E-state index contributed by atoms with van der Waals surface area (Å²) in [4.78, 5) is 2.54. The van der Waals surface area contributed by atoms with Crippen LogP contribution in [0.25, 0.3) is 0 Å². The van der Waals surface area contributed by atoms with Crippen molar-refractivity contribution in [1.82, 2.24) is 10.2 Å². The highest BCUT2D eigenvalue weighted by Gasteiger charge is 2.23. The summed E-state index contributed by atoms with van der Waals surface area (Å²) < 4.78 is 5.40. The Morgan fingerprint density at radius 2 is 2.19 bits per heavy atom. The molecular weight excluding hydrogens is 200 g/mol. The smallest absolute Gasteiger partial charge is 0.0710 e. The Morgan fingerprint density at radius 3 is 2.75 bits per heavy atom. The molecule has 1 fully saturated rings. The highest BCUT2D eigenvalue weighted by atomic mass is 16.5. The van der Waals surface area contributed by atoms with Gasteiger partial charge in [-0.3, -0.25) is 4.90 Å². The van der Waals surface area contributed by atoms with Crippen molar-refractivity contribution in [3.8, 4) is 0 Å². The number of rotatable bonds is 8. The Balaban J connectivity index is 2.25. The van der Waals surface area contributed by atoms with E-state index in [0.29, 0.717) is 12.1 Å². The molecule has 2 atom stereocenters. The minimum Gasteiger partial charge on any atom is -0.380 e. The third-order valence-corrected chi connectivity index (χ3v) is 3.36. The Labute approximate surface area is 101 Å². The zero-order chi connectivity index (χ0) is 11.8. The Kier molecular flexibility index (Phi) is 7.01. The third kappa shape index (κ3) is 4.81. The molecule has 1 heterocycles. The second kappa shape index (κ2) is 8.04. The predicted molar refractivity (Wildman–Crippen MR) is 68.8 cm³/mol. The van der Waals surface area contributed by atoms with Gasteiger partial charge in [0, 0.05) is 32.8 Å². The normalized spacial score (nSPS) is 23.8. The number of likely N-dealkylation sites (tertiary alicyclic amines) is 1. The Hall–Kier alpha value is -0.120. The maximum atomic E-state index is 5.40. The van der Waals surface area contributed by atoms with Crippen molar-refractivity contribution < 1.29 is 4.74 Å². The first kappa shape index (κ1) is 13.9. The maximum absolute atomic E-state index is 5.40. The molecule has 0 bridgehead atoms. The second-order valence-corrected chi connectivity index (χ2v) is 4.85. The molecule has 0 aromatic heterocycles. The Morgan fingerprint density at radius 1 is 1.38 bits per heavy atom. The standard InChI is InChI=1S/C13H28N2O/c1-4-6-12(14-8-5-2)10-15-9-7-13(11-15)16-3/h12-14H,4-11H2,1-3H3. The van der Waals surface area contributed by atoms with E-state index in [2.05, 4.69) is 24.1 Å². The van der Waals surface area contributed by atoms with Crippen molar-refractivity contribution in [2.45, 2.75) is 51.7 Å². The van der Waals surface area contributed by atoms with Crippen LogP contribution in [0, 0.1) is 0 Å². The molecule has 0 radical (unpaired) electrons. The third-order valence-electron chi connectivity index (χ3n) is 3.36. The molecule has 1 saturated heterocycles. The summed E-state index contributed by atoms with van der Waals surface area (Å²) in [7, 11) is 1.83. The molecule has 0 amide bonds. The van der Waals surface area contributed by atoms with E-state index in [9.17, 15) is 0 Å². The SMILES string of the molecule is CCCNC(CCC)CN1CCC(OC)C1. The fraction of sp³-hybridized carbons (Fsp3) is 1.00. The summed E-state index contributed by atoms with van der Waals surface area (Å²) in [6.07, 6.45) is 5.44. The van der Waals surface area contributed by atoms with Crippen LogP contribution in [0.1, 0.15) is 39.5 Å². The zero-order valence-electron chi connectivity index (χ0n) is 11.2. The van der Waals surface area contributed by atoms with Crippen LogP contribution >= 0.6 is 0 Å². The van der Waals surface area contributed by atoms with Crippen LogP contribution in [0.5, 0.6) is 0 Å². The van der Waals surface area contributed by atoms with Crippen LogP contribution in [0.15, 0.2) is 0 Å². The van der Waals surface area contributed by atoms with Gasteiger partial charge in [-0.25, -0.2) is 0 Å². The molecule has 3 nitrogen and oxygen atoms in total. The molecule has 0 aromatic carbocycles. The fourth-order valence-electron chi connectivity index (χ4n) is 2.42. The minimum absolute atomic E-state index is 0.466. The topological polar surface area (TPSA) is 24.5 Å². The van der Waals surface area contributed by atoms with Crippen LogP contribution in [-0.2, 0) is 4.74 Å². The fourth-order valence-corrected chi connectivity index (χ4v) is 2.42. The number of hydrogen-bond acceptors (Lipinski definition) is 3. The van der Waals surface area contributed by atoms with E-state index in [1.54, 1.807) is 0 Å². The van der Waals surface area contributed by atoms with Crippen molar-refractivity contribution in [1.29, 1.82) is 0 Å². The molecule has 16 heavy (non-hydrogen) atoms. The van der Waals surface area contributed by atoms with Gasteiger partial charge in [-0.2, -0.15) is 0 Å². The summed E-state index contributed by atoms with van der Waals surface area (Å²) in [6.45, 7) is 9.15. The average Bonchev–Trinajstić information content (AvgIpc) is 2.74. The highest BCUT2D eigenvalue weighted by Crippen LogP contribution is 2.13. The summed E-state index contributed by atoms with van der Waals surface area (Å²) >= 11 is 0. The number of methoxy groups -OCH3 is 1. The molecule has 0 saturated carbocycles. The van der Waals surface area contributed by atoms with E-state index in [4.69, 9.17) is 4.74 Å². The molecule has 1 aliphatic rings. The molecular formula is C13H28N2O.